The number of hydrogen-bond acceptors (Lipinski definition) is 3. The predicted molar refractivity (Wildman–Crippen MR) is 58.2 cm³/mol. The van der Waals surface area contributed by atoms with E-state index in [1.54, 1.807) is 7.11 Å². The molecule has 78 valence electrons. The number of rotatable bonds is 4. The van der Waals surface area contributed by atoms with Gasteiger partial charge in [0, 0.05) is 0 Å². The molecule has 15 heavy (non-hydrogen) atoms. The van der Waals surface area contributed by atoms with Gasteiger partial charge in [0.15, 0.2) is 0 Å². The molecule has 1 aromatic carbocycles. The van der Waals surface area contributed by atoms with Crippen molar-refractivity contribution in [1.82, 2.24) is 0 Å². The van der Waals surface area contributed by atoms with Crippen LogP contribution in [0.3, 0.4) is 0 Å². The number of methoxy groups -OCH3 is 1. The molecule has 0 spiro atoms. The van der Waals surface area contributed by atoms with Crippen molar-refractivity contribution < 1.29 is 9.47 Å². The lowest BCUT2D eigenvalue weighted by atomic mass is 10.1. The highest BCUT2D eigenvalue weighted by Gasteiger charge is 2.00. The van der Waals surface area contributed by atoms with Crippen LogP contribution in [-0.4, -0.2) is 13.7 Å². The Morgan fingerprint density at radius 1 is 1.40 bits per heavy atom. The molecule has 0 aliphatic carbocycles. The molecular weight excluding hydrogens is 190 g/mol. The van der Waals surface area contributed by atoms with Gasteiger partial charge in [0.05, 0.1) is 19.3 Å². The van der Waals surface area contributed by atoms with Crippen molar-refractivity contribution in [2.75, 3.05) is 13.7 Å². The van der Waals surface area contributed by atoms with E-state index in [1.165, 1.54) is 6.26 Å². The molecule has 0 saturated carbocycles. The molecule has 0 unspecified atom stereocenters. The maximum absolute atomic E-state index is 8.90. The number of ether oxygens (including phenoxy) is 2. The molecule has 3 nitrogen and oxygen atoms in total. The van der Waals surface area contributed by atoms with Crippen LogP contribution in [0.1, 0.15) is 12.5 Å². The van der Waals surface area contributed by atoms with Gasteiger partial charge in [0.25, 0.3) is 0 Å². The Kier molecular flexibility index (Phi) is 4.24. The molecule has 0 atom stereocenters. The maximum atomic E-state index is 8.90. The van der Waals surface area contributed by atoms with Crippen LogP contribution < -0.4 is 4.74 Å². The Balaban J connectivity index is 2.89. The molecule has 1 rings (SSSR count). The number of benzene rings is 1. The molecule has 1 aromatic rings. The van der Waals surface area contributed by atoms with Gasteiger partial charge in [0.2, 0.25) is 0 Å². The highest BCUT2D eigenvalue weighted by atomic mass is 16.5. The average molecular weight is 203 g/mol. The van der Waals surface area contributed by atoms with E-state index in [4.69, 9.17) is 14.7 Å². The summed E-state index contributed by atoms with van der Waals surface area (Å²) in [5, 5.41) is 8.90. The van der Waals surface area contributed by atoms with Gasteiger partial charge in [-0.2, -0.15) is 5.26 Å². The van der Waals surface area contributed by atoms with E-state index >= 15 is 0 Å². The van der Waals surface area contributed by atoms with Gasteiger partial charge >= 0.3 is 0 Å². The molecule has 0 aliphatic heterocycles. The van der Waals surface area contributed by atoms with Crippen LogP contribution in [0.2, 0.25) is 0 Å². The predicted octanol–water partition coefficient (Wildman–Crippen LogP) is 2.60. The van der Waals surface area contributed by atoms with E-state index in [-0.39, 0.29) is 0 Å². The Hall–Kier alpha value is -1.95. The second kappa shape index (κ2) is 5.71. The van der Waals surface area contributed by atoms with E-state index in [0.717, 1.165) is 11.3 Å². The lowest BCUT2D eigenvalue weighted by Crippen LogP contribution is -1.86. The standard InChI is InChI=1S/C12H13NO2/c1-3-15-9-11(8-13)10-4-6-12(14-2)7-5-10/h4-7,9H,3H2,1-2H3/b11-9-. The van der Waals surface area contributed by atoms with Crippen molar-refractivity contribution in [2.45, 2.75) is 6.92 Å². The van der Waals surface area contributed by atoms with Crippen LogP contribution in [0, 0.1) is 11.3 Å². The first-order chi connectivity index (χ1) is 7.31. The zero-order chi connectivity index (χ0) is 11.1. The minimum absolute atomic E-state index is 0.513. The fourth-order valence-electron chi connectivity index (χ4n) is 1.10. The highest BCUT2D eigenvalue weighted by Crippen LogP contribution is 2.17. The largest absolute Gasteiger partial charge is 0.500 e. The van der Waals surface area contributed by atoms with Gasteiger partial charge in [-0.25, -0.2) is 0 Å². The van der Waals surface area contributed by atoms with Crippen LogP contribution in [0.15, 0.2) is 30.5 Å². The summed E-state index contributed by atoms with van der Waals surface area (Å²) in [5.41, 5.74) is 1.34. The maximum Gasteiger partial charge on any atom is 0.118 e. The summed E-state index contributed by atoms with van der Waals surface area (Å²) in [5.74, 6) is 0.771. The summed E-state index contributed by atoms with van der Waals surface area (Å²) in [6, 6.07) is 9.36. The highest BCUT2D eigenvalue weighted by molar-refractivity contribution is 5.76. The number of hydrogen-bond donors (Lipinski definition) is 0. The molecule has 0 heterocycles. The molecular formula is C12H13NO2. The Morgan fingerprint density at radius 2 is 2.07 bits per heavy atom. The second-order valence-corrected chi connectivity index (χ2v) is 2.83. The van der Waals surface area contributed by atoms with Crippen molar-refractivity contribution >= 4 is 5.57 Å². The summed E-state index contributed by atoms with van der Waals surface area (Å²) in [6.45, 7) is 2.43. The van der Waals surface area contributed by atoms with Crippen molar-refractivity contribution in [1.29, 1.82) is 5.26 Å². The summed E-state index contributed by atoms with van der Waals surface area (Å²) in [7, 11) is 1.61. The lowest BCUT2D eigenvalue weighted by Gasteiger charge is -2.02. The molecule has 0 radical (unpaired) electrons. The lowest BCUT2D eigenvalue weighted by molar-refractivity contribution is 0.271. The third-order valence-corrected chi connectivity index (χ3v) is 1.89. The molecule has 3 heteroatoms. The first-order valence-electron chi connectivity index (χ1n) is 4.68. The number of nitriles is 1. The third-order valence-electron chi connectivity index (χ3n) is 1.89. The van der Waals surface area contributed by atoms with E-state index < -0.39 is 0 Å². The summed E-state index contributed by atoms with van der Waals surface area (Å²) >= 11 is 0. The van der Waals surface area contributed by atoms with E-state index in [9.17, 15) is 0 Å². The zero-order valence-corrected chi connectivity index (χ0v) is 8.86. The summed E-state index contributed by atoms with van der Waals surface area (Å²) < 4.78 is 10.1. The van der Waals surface area contributed by atoms with Crippen LogP contribution in [0.5, 0.6) is 5.75 Å². The van der Waals surface area contributed by atoms with E-state index in [1.807, 2.05) is 31.2 Å². The van der Waals surface area contributed by atoms with Crippen LogP contribution in [0.25, 0.3) is 5.57 Å². The van der Waals surface area contributed by atoms with Crippen molar-refractivity contribution in [3.05, 3.63) is 36.1 Å². The smallest absolute Gasteiger partial charge is 0.118 e. The van der Waals surface area contributed by atoms with Gasteiger partial charge < -0.3 is 9.47 Å². The molecule has 0 amide bonds. The first kappa shape index (κ1) is 11.1. The Bertz CT molecular complexity index is 374. The molecule has 0 N–H and O–H groups in total. The SMILES string of the molecule is CCO/C=C(/C#N)c1ccc(OC)cc1. The normalized spacial score (nSPS) is 10.6. The monoisotopic (exact) mass is 203 g/mol. The minimum Gasteiger partial charge on any atom is -0.500 e. The van der Waals surface area contributed by atoms with Crippen LogP contribution >= 0.6 is 0 Å². The average Bonchev–Trinajstić information content (AvgIpc) is 2.31. The van der Waals surface area contributed by atoms with Gasteiger partial charge in [0.1, 0.15) is 18.1 Å². The second-order valence-electron chi connectivity index (χ2n) is 2.83. The van der Waals surface area contributed by atoms with E-state index in [2.05, 4.69) is 6.07 Å². The van der Waals surface area contributed by atoms with Gasteiger partial charge in [-0.3, -0.25) is 0 Å². The fourth-order valence-corrected chi connectivity index (χ4v) is 1.10. The Morgan fingerprint density at radius 3 is 2.53 bits per heavy atom. The third kappa shape index (κ3) is 3.03. The van der Waals surface area contributed by atoms with Gasteiger partial charge in [-0.05, 0) is 36.8 Å². The van der Waals surface area contributed by atoms with Crippen LogP contribution in [0.4, 0.5) is 0 Å². The fraction of sp³-hybridized carbons (Fsp3) is 0.250. The zero-order valence-electron chi connectivity index (χ0n) is 8.86. The molecule has 0 fully saturated rings. The van der Waals surface area contributed by atoms with Crippen LogP contribution in [-0.2, 0) is 4.74 Å². The van der Waals surface area contributed by atoms with Gasteiger partial charge in [-0.1, -0.05) is 0 Å². The summed E-state index contributed by atoms with van der Waals surface area (Å²) in [6.07, 6.45) is 1.47. The molecule has 0 aliphatic rings. The van der Waals surface area contributed by atoms with Gasteiger partial charge in [-0.15, -0.1) is 0 Å². The molecule has 0 bridgehead atoms. The minimum atomic E-state index is 0.513. The molecule has 0 aromatic heterocycles. The topological polar surface area (TPSA) is 42.2 Å². The number of nitrogens with zero attached hydrogens (tertiary/aromatic N) is 1. The van der Waals surface area contributed by atoms with E-state index in [0.29, 0.717) is 12.2 Å². The van der Waals surface area contributed by atoms with Crippen molar-refractivity contribution in [3.63, 3.8) is 0 Å². The van der Waals surface area contributed by atoms with Crippen molar-refractivity contribution in [2.24, 2.45) is 0 Å². The first-order valence-corrected chi connectivity index (χ1v) is 4.68. The van der Waals surface area contributed by atoms with Crippen molar-refractivity contribution in [3.8, 4) is 11.8 Å². The Labute approximate surface area is 89.6 Å². The quantitative estimate of drug-likeness (QED) is 0.558. The molecule has 0 saturated heterocycles. The number of allylic oxidation sites excluding steroid dienone is 1. The summed E-state index contributed by atoms with van der Waals surface area (Å²) in [4.78, 5) is 0.